The molecule has 1 aromatic heterocycles. The molecule has 0 saturated carbocycles. The second kappa shape index (κ2) is 8.81. The Hall–Kier alpha value is -3.96. The number of carbonyl (C=O) groups is 2. The van der Waals surface area contributed by atoms with Crippen LogP contribution in [0.25, 0.3) is 5.69 Å². The lowest BCUT2D eigenvalue weighted by Crippen LogP contribution is -2.27. The lowest BCUT2D eigenvalue weighted by atomic mass is 10.2. The number of nitrogens with one attached hydrogen (secondary N) is 2. The fraction of sp³-hybridized carbons (Fsp3) is 0.158. The van der Waals surface area contributed by atoms with Gasteiger partial charge in [-0.3, -0.25) is 10.1 Å². The number of amides is 2. The molecule has 1 heterocycles. The number of benzene rings is 2. The van der Waals surface area contributed by atoms with Crippen molar-refractivity contribution in [2.45, 2.75) is 12.7 Å². The zero-order valence-corrected chi connectivity index (χ0v) is 15.9. The fourth-order valence-electron chi connectivity index (χ4n) is 2.62. The fourth-order valence-corrected chi connectivity index (χ4v) is 2.62. The molecule has 0 aliphatic carbocycles. The number of anilines is 1. The van der Waals surface area contributed by atoms with Crippen LogP contribution in [-0.2, 0) is 17.5 Å². The van der Waals surface area contributed by atoms with Crippen LogP contribution >= 0.6 is 0 Å². The summed E-state index contributed by atoms with van der Waals surface area (Å²) in [5, 5.41) is 11.5. The molecule has 0 atom stereocenters. The van der Waals surface area contributed by atoms with Gasteiger partial charge in [-0.05, 0) is 35.9 Å². The minimum absolute atomic E-state index is 0.110. The monoisotopic (exact) mass is 437 g/mol. The Labute approximate surface area is 172 Å². The molecule has 162 valence electrons. The lowest BCUT2D eigenvalue weighted by Gasteiger charge is -2.11. The summed E-state index contributed by atoms with van der Waals surface area (Å²) in [5.74, 6) is -1.87. The van der Waals surface area contributed by atoms with Gasteiger partial charge in [0.15, 0.2) is 11.4 Å². The number of alkyl halides is 3. The van der Waals surface area contributed by atoms with Crippen LogP contribution in [0.4, 0.5) is 28.0 Å². The van der Waals surface area contributed by atoms with Gasteiger partial charge in [0.2, 0.25) is 0 Å². The zero-order valence-electron chi connectivity index (χ0n) is 15.9. The molecule has 0 bridgehead atoms. The third kappa shape index (κ3) is 5.15. The van der Waals surface area contributed by atoms with Crippen LogP contribution in [0.2, 0.25) is 0 Å². The van der Waals surface area contributed by atoms with E-state index in [0.29, 0.717) is 15.9 Å². The van der Waals surface area contributed by atoms with Crippen LogP contribution in [0, 0.1) is 5.82 Å². The highest BCUT2D eigenvalue weighted by molar-refractivity contribution is 5.93. The van der Waals surface area contributed by atoms with E-state index in [1.807, 2.05) is 0 Å². The molecular weight excluding hydrogens is 422 g/mol. The SMILES string of the molecule is COC(=O)Nc1ccc(CNC(=O)c2nnn(-c3cccc(F)c3)c2C(F)(F)F)cc1. The molecule has 0 aliphatic heterocycles. The van der Waals surface area contributed by atoms with Gasteiger partial charge in [-0.1, -0.05) is 23.4 Å². The van der Waals surface area contributed by atoms with E-state index in [1.54, 1.807) is 12.1 Å². The van der Waals surface area contributed by atoms with Crippen molar-refractivity contribution < 1.29 is 31.9 Å². The Balaban J connectivity index is 1.78. The van der Waals surface area contributed by atoms with Crippen molar-refractivity contribution in [2.24, 2.45) is 0 Å². The minimum atomic E-state index is -4.97. The Morgan fingerprint density at radius 3 is 2.45 bits per heavy atom. The summed E-state index contributed by atoms with van der Waals surface area (Å²) >= 11 is 0. The molecule has 3 rings (SSSR count). The number of nitrogens with zero attached hydrogens (tertiary/aromatic N) is 3. The van der Waals surface area contributed by atoms with E-state index in [2.05, 4.69) is 25.7 Å². The van der Waals surface area contributed by atoms with Crippen molar-refractivity contribution in [1.29, 1.82) is 0 Å². The predicted molar refractivity (Wildman–Crippen MR) is 100.0 cm³/mol. The molecule has 31 heavy (non-hydrogen) atoms. The molecule has 2 aromatic carbocycles. The van der Waals surface area contributed by atoms with E-state index in [4.69, 9.17) is 0 Å². The molecule has 0 saturated heterocycles. The summed E-state index contributed by atoms with van der Waals surface area (Å²) in [7, 11) is 1.21. The minimum Gasteiger partial charge on any atom is -0.453 e. The highest BCUT2D eigenvalue weighted by Crippen LogP contribution is 2.32. The molecule has 0 radical (unpaired) electrons. The van der Waals surface area contributed by atoms with Crippen LogP contribution in [-0.4, -0.2) is 34.1 Å². The normalized spacial score (nSPS) is 11.1. The van der Waals surface area contributed by atoms with Gasteiger partial charge in [0.1, 0.15) is 5.82 Å². The quantitative estimate of drug-likeness (QED) is 0.595. The third-order valence-electron chi connectivity index (χ3n) is 4.05. The molecular formula is C19H15F4N5O3. The number of methoxy groups -OCH3 is 1. The van der Waals surface area contributed by atoms with Gasteiger partial charge in [-0.25, -0.2) is 13.9 Å². The Morgan fingerprint density at radius 1 is 1.13 bits per heavy atom. The standard InChI is InChI=1S/C19H15F4N5O3/c1-31-18(30)25-13-7-5-11(6-8-13)10-24-17(29)15-16(19(21,22)23)28(27-26-15)14-4-2-3-12(20)9-14/h2-9H,10H2,1H3,(H,24,29)(H,25,30). The molecule has 8 nitrogen and oxygen atoms in total. The van der Waals surface area contributed by atoms with Crippen molar-refractivity contribution >= 4 is 17.7 Å². The largest absolute Gasteiger partial charge is 0.453 e. The first kappa shape index (κ1) is 21.7. The van der Waals surface area contributed by atoms with Gasteiger partial charge < -0.3 is 10.1 Å². The summed E-state index contributed by atoms with van der Waals surface area (Å²) in [6.45, 7) is -0.110. The molecule has 2 N–H and O–H groups in total. The Morgan fingerprint density at radius 2 is 1.84 bits per heavy atom. The second-order valence-corrected chi connectivity index (χ2v) is 6.17. The lowest BCUT2D eigenvalue weighted by molar-refractivity contribution is -0.143. The molecule has 0 aliphatic rings. The van der Waals surface area contributed by atoms with Gasteiger partial charge in [0, 0.05) is 12.2 Å². The smallest absolute Gasteiger partial charge is 0.435 e. The maximum Gasteiger partial charge on any atom is 0.435 e. The zero-order chi connectivity index (χ0) is 22.6. The van der Waals surface area contributed by atoms with Crippen molar-refractivity contribution in [2.75, 3.05) is 12.4 Å². The Kier molecular flexibility index (Phi) is 6.18. The van der Waals surface area contributed by atoms with Crippen molar-refractivity contribution in [3.05, 3.63) is 71.3 Å². The van der Waals surface area contributed by atoms with Crippen LogP contribution in [0.15, 0.2) is 48.5 Å². The first-order valence-corrected chi connectivity index (χ1v) is 8.70. The number of aromatic nitrogens is 3. The maximum atomic E-state index is 13.6. The topological polar surface area (TPSA) is 98.1 Å². The summed E-state index contributed by atoms with van der Waals surface area (Å²) in [6.07, 6.45) is -5.63. The summed E-state index contributed by atoms with van der Waals surface area (Å²) in [6, 6.07) is 10.5. The first-order valence-electron chi connectivity index (χ1n) is 8.70. The average Bonchev–Trinajstić information content (AvgIpc) is 3.19. The number of rotatable bonds is 5. The molecule has 2 amide bonds. The highest BCUT2D eigenvalue weighted by Gasteiger charge is 2.42. The van der Waals surface area contributed by atoms with E-state index >= 15 is 0 Å². The average molecular weight is 437 g/mol. The molecule has 0 unspecified atom stereocenters. The van der Waals surface area contributed by atoms with Crippen molar-refractivity contribution in [3.63, 3.8) is 0 Å². The van der Waals surface area contributed by atoms with Crippen molar-refractivity contribution in [3.8, 4) is 5.69 Å². The summed E-state index contributed by atoms with van der Waals surface area (Å²) in [4.78, 5) is 23.5. The number of carbonyl (C=O) groups excluding carboxylic acids is 2. The third-order valence-corrected chi connectivity index (χ3v) is 4.05. The van der Waals surface area contributed by atoms with E-state index in [-0.39, 0.29) is 12.2 Å². The van der Waals surface area contributed by atoms with Crippen LogP contribution in [0.5, 0.6) is 0 Å². The van der Waals surface area contributed by atoms with Gasteiger partial charge in [0.25, 0.3) is 5.91 Å². The number of hydrogen-bond acceptors (Lipinski definition) is 5. The van der Waals surface area contributed by atoms with E-state index in [9.17, 15) is 27.2 Å². The summed E-state index contributed by atoms with van der Waals surface area (Å²) in [5.41, 5.74) is -1.62. The molecule has 0 fully saturated rings. The van der Waals surface area contributed by atoms with Gasteiger partial charge in [-0.2, -0.15) is 13.2 Å². The van der Waals surface area contributed by atoms with Gasteiger partial charge >= 0.3 is 12.3 Å². The van der Waals surface area contributed by atoms with Crippen LogP contribution < -0.4 is 10.6 Å². The first-order chi connectivity index (χ1) is 14.7. The van der Waals surface area contributed by atoms with E-state index in [0.717, 1.165) is 12.1 Å². The highest BCUT2D eigenvalue weighted by atomic mass is 19.4. The van der Waals surface area contributed by atoms with Crippen LogP contribution in [0.1, 0.15) is 21.7 Å². The predicted octanol–water partition coefficient (Wildman–Crippen LogP) is 3.53. The molecule has 12 heteroatoms. The van der Waals surface area contributed by atoms with Gasteiger partial charge in [0.05, 0.1) is 12.8 Å². The molecule has 0 spiro atoms. The number of hydrogen-bond donors (Lipinski definition) is 2. The Bertz CT molecular complexity index is 1100. The maximum absolute atomic E-state index is 13.6. The van der Waals surface area contributed by atoms with Crippen molar-refractivity contribution in [1.82, 2.24) is 20.3 Å². The van der Waals surface area contributed by atoms with Crippen LogP contribution in [0.3, 0.4) is 0 Å². The van der Waals surface area contributed by atoms with Gasteiger partial charge in [-0.15, -0.1) is 5.10 Å². The summed E-state index contributed by atoms with van der Waals surface area (Å²) < 4.78 is 59.1. The van der Waals surface area contributed by atoms with E-state index in [1.165, 1.54) is 31.4 Å². The second-order valence-electron chi connectivity index (χ2n) is 6.17. The number of ether oxygens (including phenoxy) is 1. The number of halogens is 4. The van der Waals surface area contributed by atoms with E-state index < -0.39 is 35.4 Å². The molecule has 3 aromatic rings.